The molecule has 1 aromatic rings. The molecule has 3 nitrogen and oxygen atoms in total. The molecule has 0 aliphatic rings. The summed E-state index contributed by atoms with van der Waals surface area (Å²) in [4.78, 5) is 1.38. The summed E-state index contributed by atoms with van der Waals surface area (Å²) < 4.78 is 10.6. The van der Waals surface area contributed by atoms with Crippen LogP contribution in [0.5, 0.6) is 0 Å². The Hall–Kier alpha value is -0.420. The van der Waals surface area contributed by atoms with Gasteiger partial charge in [-0.3, -0.25) is 0 Å². The Balaban J connectivity index is 2.60. The molecule has 0 spiro atoms. The number of ether oxygens (including phenoxy) is 2. The van der Waals surface area contributed by atoms with Crippen molar-refractivity contribution in [1.82, 2.24) is 5.32 Å². The van der Waals surface area contributed by atoms with E-state index in [1.807, 2.05) is 0 Å². The summed E-state index contributed by atoms with van der Waals surface area (Å²) >= 11 is 1.80. The number of methoxy groups -OCH3 is 2. The molecule has 2 unspecified atom stereocenters. The lowest BCUT2D eigenvalue weighted by atomic mass is 10.1. The number of thiophene rings is 1. The minimum absolute atomic E-state index is 0.170. The first-order valence-electron chi connectivity index (χ1n) is 6.08. The molecule has 0 aliphatic heterocycles. The fraction of sp³-hybridized carbons (Fsp3) is 0.692. The molecule has 0 fully saturated rings. The largest absolute Gasteiger partial charge is 0.354 e. The van der Waals surface area contributed by atoms with Gasteiger partial charge in [-0.25, -0.2) is 0 Å². The van der Waals surface area contributed by atoms with E-state index in [1.165, 1.54) is 4.88 Å². The molecule has 98 valence electrons. The van der Waals surface area contributed by atoms with Gasteiger partial charge in [0.1, 0.15) is 0 Å². The van der Waals surface area contributed by atoms with Crippen LogP contribution in [0.3, 0.4) is 0 Å². The van der Waals surface area contributed by atoms with E-state index in [0.29, 0.717) is 6.04 Å². The van der Waals surface area contributed by atoms with Crippen molar-refractivity contribution >= 4 is 11.3 Å². The highest BCUT2D eigenvalue weighted by atomic mass is 32.1. The molecule has 0 amide bonds. The maximum Gasteiger partial charge on any atom is 0.171 e. The molecule has 0 saturated carbocycles. The fourth-order valence-electron chi connectivity index (χ4n) is 1.99. The Morgan fingerprint density at radius 2 is 2.06 bits per heavy atom. The Bertz CT molecular complexity index is 286. The highest BCUT2D eigenvalue weighted by Gasteiger charge is 2.20. The van der Waals surface area contributed by atoms with Gasteiger partial charge in [0.25, 0.3) is 0 Å². The molecular formula is C13H23NO2S. The smallest absolute Gasteiger partial charge is 0.171 e. The first kappa shape index (κ1) is 14.6. The van der Waals surface area contributed by atoms with E-state index in [9.17, 15) is 0 Å². The van der Waals surface area contributed by atoms with E-state index in [1.54, 1.807) is 25.6 Å². The lowest BCUT2D eigenvalue weighted by Crippen LogP contribution is -2.41. The summed E-state index contributed by atoms with van der Waals surface area (Å²) in [5, 5.41) is 5.70. The lowest BCUT2D eigenvalue weighted by Gasteiger charge is -2.27. The van der Waals surface area contributed by atoms with Crippen LogP contribution in [0.4, 0.5) is 0 Å². The number of hydrogen-bond donors (Lipinski definition) is 1. The molecule has 17 heavy (non-hydrogen) atoms. The molecule has 0 aliphatic carbocycles. The third-order valence-electron chi connectivity index (χ3n) is 2.80. The Kier molecular flexibility index (Phi) is 6.73. The summed E-state index contributed by atoms with van der Waals surface area (Å²) in [6.07, 6.45) is 2.09. The summed E-state index contributed by atoms with van der Waals surface area (Å²) in [6.45, 7) is 4.30. The van der Waals surface area contributed by atoms with Gasteiger partial charge >= 0.3 is 0 Å². The topological polar surface area (TPSA) is 30.5 Å². The van der Waals surface area contributed by atoms with E-state index in [2.05, 4.69) is 36.7 Å². The fourth-order valence-corrected chi connectivity index (χ4v) is 2.81. The molecule has 0 aromatic carbocycles. The molecule has 1 aromatic heterocycles. The van der Waals surface area contributed by atoms with Gasteiger partial charge in [-0.1, -0.05) is 19.4 Å². The summed E-state index contributed by atoms with van der Waals surface area (Å²) in [5.74, 6) is 0. The SMILES string of the molecule is CCCC(NC(C)C(OC)OC)c1cccs1. The summed E-state index contributed by atoms with van der Waals surface area (Å²) in [6, 6.07) is 4.84. The Labute approximate surface area is 108 Å². The van der Waals surface area contributed by atoms with Crippen molar-refractivity contribution in [2.45, 2.75) is 45.1 Å². The van der Waals surface area contributed by atoms with Gasteiger partial charge < -0.3 is 14.8 Å². The molecule has 4 heteroatoms. The van der Waals surface area contributed by atoms with Gasteiger partial charge in [-0.2, -0.15) is 0 Å². The highest BCUT2D eigenvalue weighted by molar-refractivity contribution is 7.10. The third-order valence-corrected chi connectivity index (χ3v) is 3.79. The Morgan fingerprint density at radius 3 is 2.53 bits per heavy atom. The van der Waals surface area contributed by atoms with Crippen LogP contribution >= 0.6 is 11.3 Å². The minimum Gasteiger partial charge on any atom is -0.354 e. The van der Waals surface area contributed by atoms with Crippen LogP contribution < -0.4 is 5.32 Å². The van der Waals surface area contributed by atoms with E-state index in [0.717, 1.165) is 12.8 Å². The second-order valence-electron chi connectivity index (χ2n) is 4.15. The van der Waals surface area contributed by atoms with Gasteiger partial charge in [0.05, 0.1) is 6.04 Å². The van der Waals surface area contributed by atoms with Crippen molar-refractivity contribution in [3.63, 3.8) is 0 Å². The number of hydrogen-bond acceptors (Lipinski definition) is 4. The molecule has 1 heterocycles. The maximum atomic E-state index is 5.28. The molecule has 0 radical (unpaired) electrons. The molecule has 1 rings (SSSR count). The second-order valence-corrected chi connectivity index (χ2v) is 5.13. The minimum atomic E-state index is -0.200. The van der Waals surface area contributed by atoms with E-state index in [4.69, 9.17) is 9.47 Å². The van der Waals surface area contributed by atoms with Crippen LogP contribution in [0.1, 0.15) is 37.6 Å². The van der Waals surface area contributed by atoms with Gasteiger partial charge in [0.2, 0.25) is 0 Å². The van der Waals surface area contributed by atoms with Crippen LogP contribution in [-0.2, 0) is 9.47 Å². The summed E-state index contributed by atoms with van der Waals surface area (Å²) in [7, 11) is 3.35. The van der Waals surface area contributed by atoms with Gasteiger partial charge in [-0.05, 0) is 24.8 Å². The van der Waals surface area contributed by atoms with Crippen LogP contribution in [0.25, 0.3) is 0 Å². The van der Waals surface area contributed by atoms with Crippen molar-refractivity contribution in [1.29, 1.82) is 0 Å². The van der Waals surface area contributed by atoms with E-state index >= 15 is 0 Å². The molecule has 0 bridgehead atoms. The van der Waals surface area contributed by atoms with Crippen LogP contribution in [0.15, 0.2) is 17.5 Å². The van der Waals surface area contributed by atoms with Gasteiger partial charge in [-0.15, -0.1) is 11.3 Å². The van der Waals surface area contributed by atoms with Crippen LogP contribution in [-0.4, -0.2) is 26.6 Å². The van der Waals surface area contributed by atoms with Gasteiger partial charge in [0, 0.05) is 25.1 Å². The molecule has 0 saturated heterocycles. The zero-order chi connectivity index (χ0) is 12.7. The zero-order valence-electron chi connectivity index (χ0n) is 11.1. The monoisotopic (exact) mass is 257 g/mol. The standard InChI is InChI=1S/C13H23NO2S/c1-5-7-11(12-8-6-9-17-12)14-10(2)13(15-3)16-4/h6,8-11,13-14H,5,7H2,1-4H3. The third kappa shape index (κ3) is 4.39. The average Bonchev–Trinajstić information content (AvgIpc) is 2.83. The predicted molar refractivity (Wildman–Crippen MR) is 72.4 cm³/mol. The van der Waals surface area contributed by atoms with Crippen LogP contribution in [0.2, 0.25) is 0 Å². The quantitative estimate of drug-likeness (QED) is 0.726. The van der Waals surface area contributed by atoms with Crippen molar-refractivity contribution in [3.8, 4) is 0 Å². The van der Waals surface area contributed by atoms with Crippen molar-refractivity contribution in [2.24, 2.45) is 0 Å². The molecular weight excluding hydrogens is 234 g/mol. The molecule has 1 N–H and O–H groups in total. The average molecular weight is 257 g/mol. The van der Waals surface area contributed by atoms with Gasteiger partial charge in [0.15, 0.2) is 6.29 Å². The van der Waals surface area contributed by atoms with E-state index < -0.39 is 0 Å². The van der Waals surface area contributed by atoms with Crippen LogP contribution in [0, 0.1) is 0 Å². The predicted octanol–water partition coefficient (Wildman–Crippen LogP) is 3.19. The summed E-state index contributed by atoms with van der Waals surface area (Å²) in [5.41, 5.74) is 0. The molecule has 2 atom stereocenters. The first-order chi connectivity index (χ1) is 8.22. The van der Waals surface area contributed by atoms with Crippen molar-refractivity contribution < 1.29 is 9.47 Å². The normalized spacial score (nSPS) is 15.1. The van der Waals surface area contributed by atoms with Crippen molar-refractivity contribution in [3.05, 3.63) is 22.4 Å². The lowest BCUT2D eigenvalue weighted by molar-refractivity contribution is -0.121. The maximum absolute atomic E-state index is 5.28. The highest BCUT2D eigenvalue weighted by Crippen LogP contribution is 2.24. The number of rotatable bonds is 8. The van der Waals surface area contributed by atoms with Crippen molar-refractivity contribution in [2.75, 3.05) is 14.2 Å². The first-order valence-corrected chi connectivity index (χ1v) is 6.95. The Morgan fingerprint density at radius 1 is 1.35 bits per heavy atom. The zero-order valence-corrected chi connectivity index (χ0v) is 11.9. The second kappa shape index (κ2) is 7.82. The van der Waals surface area contributed by atoms with E-state index in [-0.39, 0.29) is 12.3 Å². The number of nitrogens with one attached hydrogen (secondary N) is 1.